The van der Waals surface area contributed by atoms with Gasteiger partial charge in [-0.1, -0.05) is 6.08 Å². The first-order chi connectivity index (χ1) is 3.84. The monoisotopic (exact) mass is 113 g/mol. The second kappa shape index (κ2) is 2.29. The van der Waals surface area contributed by atoms with Crippen LogP contribution in [0.15, 0.2) is 12.7 Å². The molecular weight excluding hydrogens is 102 g/mol. The third-order valence-electron chi connectivity index (χ3n) is 1.28. The van der Waals surface area contributed by atoms with Crippen LogP contribution in [0.1, 0.15) is 6.42 Å². The van der Waals surface area contributed by atoms with Crippen molar-refractivity contribution < 1.29 is 4.74 Å². The van der Waals surface area contributed by atoms with Gasteiger partial charge < -0.3 is 10.5 Å². The second-order valence-electron chi connectivity index (χ2n) is 2.06. The lowest BCUT2D eigenvalue weighted by Gasteiger charge is -2.00. The molecule has 0 amide bonds. The van der Waals surface area contributed by atoms with E-state index in [0.29, 0.717) is 6.10 Å². The normalized spacial score (nSPS) is 29.4. The highest BCUT2D eigenvalue weighted by molar-refractivity contribution is 4.87. The Morgan fingerprint density at radius 2 is 2.62 bits per heavy atom. The number of hydrogen-bond acceptors (Lipinski definition) is 2. The van der Waals surface area contributed by atoms with Gasteiger partial charge >= 0.3 is 0 Å². The molecule has 1 aliphatic heterocycles. The van der Waals surface area contributed by atoms with E-state index in [9.17, 15) is 0 Å². The van der Waals surface area contributed by atoms with Gasteiger partial charge in [-0.25, -0.2) is 0 Å². The zero-order valence-corrected chi connectivity index (χ0v) is 4.84. The molecule has 2 unspecified atom stereocenters. The van der Waals surface area contributed by atoms with Crippen LogP contribution in [-0.4, -0.2) is 18.8 Å². The minimum Gasteiger partial charge on any atom is -0.371 e. The molecule has 46 valence electrons. The topological polar surface area (TPSA) is 38.5 Å². The highest BCUT2D eigenvalue weighted by atomic mass is 16.6. The van der Waals surface area contributed by atoms with Gasteiger partial charge in [-0.05, 0) is 6.42 Å². The molecule has 2 N–H and O–H groups in total. The van der Waals surface area contributed by atoms with Crippen LogP contribution in [0.2, 0.25) is 0 Å². The molecule has 0 saturated carbocycles. The van der Waals surface area contributed by atoms with Crippen LogP contribution in [0.5, 0.6) is 0 Å². The molecule has 0 aromatic rings. The summed E-state index contributed by atoms with van der Waals surface area (Å²) in [4.78, 5) is 0. The van der Waals surface area contributed by atoms with Crippen molar-refractivity contribution in [3.05, 3.63) is 12.7 Å². The van der Waals surface area contributed by atoms with Crippen molar-refractivity contribution in [1.82, 2.24) is 0 Å². The molecule has 1 saturated heterocycles. The predicted molar refractivity (Wildman–Crippen MR) is 32.5 cm³/mol. The summed E-state index contributed by atoms with van der Waals surface area (Å²) in [5, 5.41) is 0. The fraction of sp³-hybridized carbons (Fsp3) is 0.667. The summed E-state index contributed by atoms with van der Waals surface area (Å²) in [7, 11) is 0. The Kier molecular flexibility index (Phi) is 1.65. The molecule has 2 atom stereocenters. The van der Waals surface area contributed by atoms with E-state index in [1.54, 1.807) is 0 Å². The van der Waals surface area contributed by atoms with E-state index in [1.165, 1.54) is 0 Å². The van der Waals surface area contributed by atoms with Gasteiger partial charge in [0.2, 0.25) is 0 Å². The Morgan fingerprint density at radius 1 is 2.00 bits per heavy atom. The fourth-order valence-electron chi connectivity index (χ4n) is 0.647. The van der Waals surface area contributed by atoms with Crippen LogP contribution in [0, 0.1) is 0 Å². The summed E-state index contributed by atoms with van der Waals surface area (Å²) in [6.45, 7) is 4.42. The number of rotatable bonds is 3. The standard InChI is InChI=1S/C6H11NO/c1-2-3-5(7)6-4-8-6/h2,5-6H,1,3-4,7H2. The summed E-state index contributed by atoms with van der Waals surface area (Å²) >= 11 is 0. The fourth-order valence-corrected chi connectivity index (χ4v) is 0.647. The summed E-state index contributed by atoms with van der Waals surface area (Å²) in [5.41, 5.74) is 5.59. The lowest BCUT2D eigenvalue weighted by molar-refractivity contribution is 0.373. The van der Waals surface area contributed by atoms with Crippen molar-refractivity contribution in [3.8, 4) is 0 Å². The molecule has 0 bridgehead atoms. The minimum atomic E-state index is 0.187. The zero-order chi connectivity index (χ0) is 5.98. The van der Waals surface area contributed by atoms with Gasteiger partial charge in [0.25, 0.3) is 0 Å². The van der Waals surface area contributed by atoms with Crippen LogP contribution in [-0.2, 0) is 4.74 Å². The Balaban J connectivity index is 2.12. The van der Waals surface area contributed by atoms with Crippen LogP contribution < -0.4 is 5.73 Å². The van der Waals surface area contributed by atoms with Crippen molar-refractivity contribution >= 4 is 0 Å². The van der Waals surface area contributed by atoms with E-state index in [4.69, 9.17) is 10.5 Å². The van der Waals surface area contributed by atoms with Crippen molar-refractivity contribution in [2.45, 2.75) is 18.6 Å². The number of nitrogens with two attached hydrogens (primary N) is 1. The van der Waals surface area contributed by atoms with Gasteiger partial charge in [0.05, 0.1) is 12.7 Å². The van der Waals surface area contributed by atoms with Crippen LogP contribution >= 0.6 is 0 Å². The van der Waals surface area contributed by atoms with Gasteiger partial charge in [0.15, 0.2) is 0 Å². The summed E-state index contributed by atoms with van der Waals surface area (Å²) in [5.74, 6) is 0. The second-order valence-corrected chi connectivity index (χ2v) is 2.06. The average Bonchev–Trinajstić information content (AvgIpc) is 2.45. The molecule has 1 rings (SSSR count). The van der Waals surface area contributed by atoms with E-state index in [-0.39, 0.29) is 6.04 Å². The number of ether oxygens (including phenoxy) is 1. The Labute approximate surface area is 49.3 Å². The first-order valence-electron chi connectivity index (χ1n) is 2.82. The highest BCUT2D eigenvalue weighted by Crippen LogP contribution is 2.14. The lowest BCUT2D eigenvalue weighted by Crippen LogP contribution is -2.25. The molecule has 1 aliphatic rings. The minimum absolute atomic E-state index is 0.187. The molecule has 1 heterocycles. The molecule has 1 fully saturated rings. The molecule has 0 aromatic carbocycles. The Morgan fingerprint density at radius 3 is 3.00 bits per heavy atom. The maximum Gasteiger partial charge on any atom is 0.0963 e. The first-order valence-corrected chi connectivity index (χ1v) is 2.82. The van der Waals surface area contributed by atoms with Crippen molar-refractivity contribution in [2.75, 3.05) is 6.61 Å². The molecule has 0 radical (unpaired) electrons. The third kappa shape index (κ3) is 1.32. The molecule has 0 aliphatic carbocycles. The number of epoxide rings is 1. The SMILES string of the molecule is C=CCC(N)C1CO1. The molecule has 2 nitrogen and oxygen atoms in total. The van der Waals surface area contributed by atoms with Gasteiger partial charge in [0.1, 0.15) is 0 Å². The van der Waals surface area contributed by atoms with E-state index in [1.807, 2.05) is 6.08 Å². The van der Waals surface area contributed by atoms with E-state index in [2.05, 4.69) is 6.58 Å². The lowest BCUT2D eigenvalue weighted by atomic mass is 10.2. The first kappa shape index (κ1) is 5.79. The van der Waals surface area contributed by atoms with Crippen LogP contribution in [0.3, 0.4) is 0 Å². The quantitative estimate of drug-likeness (QED) is 0.422. The van der Waals surface area contributed by atoms with E-state index >= 15 is 0 Å². The maximum atomic E-state index is 5.59. The van der Waals surface area contributed by atoms with Gasteiger partial charge in [-0.15, -0.1) is 6.58 Å². The summed E-state index contributed by atoms with van der Waals surface area (Å²) in [6, 6.07) is 0.187. The Bertz CT molecular complexity index is 88.5. The molecular formula is C6H11NO. The molecule has 8 heavy (non-hydrogen) atoms. The zero-order valence-electron chi connectivity index (χ0n) is 4.84. The van der Waals surface area contributed by atoms with Crippen LogP contribution in [0.25, 0.3) is 0 Å². The van der Waals surface area contributed by atoms with Gasteiger partial charge in [-0.3, -0.25) is 0 Å². The number of hydrogen-bond donors (Lipinski definition) is 1. The summed E-state index contributed by atoms with van der Waals surface area (Å²) < 4.78 is 4.95. The third-order valence-corrected chi connectivity index (χ3v) is 1.28. The Hall–Kier alpha value is -0.340. The molecule has 0 aromatic heterocycles. The van der Waals surface area contributed by atoms with E-state index in [0.717, 1.165) is 13.0 Å². The van der Waals surface area contributed by atoms with Crippen molar-refractivity contribution in [3.63, 3.8) is 0 Å². The maximum absolute atomic E-state index is 5.59. The van der Waals surface area contributed by atoms with Crippen LogP contribution in [0.4, 0.5) is 0 Å². The molecule has 0 spiro atoms. The largest absolute Gasteiger partial charge is 0.371 e. The summed E-state index contributed by atoms with van der Waals surface area (Å²) in [6.07, 6.45) is 3.02. The van der Waals surface area contributed by atoms with Crippen molar-refractivity contribution in [2.24, 2.45) is 5.73 Å². The smallest absolute Gasteiger partial charge is 0.0963 e. The highest BCUT2D eigenvalue weighted by Gasteiger charge is 2.28. The van der Waals surface area contributed by atoms with E-state index < -0.39 is 0 Å². The van der Waals surface area contributed by atoms with Gasteiger partial charge in [-0.2, -0.15) is 0 Å². The van der Waals surface area contributed by atoms with Crippen molar-refractivity contribution in [1.29, 1.82) is 0 Å². The average molecular weight is 113 g/mol. The molecule has 2 heteroatoms. The predicted octanol–water partition coefficient (Wildman–Crippen LogP) is 0.289. The van der Waals surface area contributed by atoms with Gasteiger partial charge in [0, 0.05) is 6.04 Å².